The van der Waals surface area contributed by atoms with Gasteiger partial charge in [0.15, 0.2) is 0 Å². The van der Waals surface area contributed by atoms with Crippen molar-refractivity contribution in [2.75, 3.05) is 31.3 Å². The molecule has 2 amide bonds. The van der Waals surface area contributed by atoms with E-state index in [0.717, 1.165) is 10.6 Å². The van der Waals surface area contributed by atoms with Gasteiger partial charge in [0, 0.05) is 29.2 Å². The van der Waals surface area contributed by atoms with E-state index in [4.69, 9.17) is 27.9 Å². The summed E-state index contributed by atoms with van der Waals surface area (Å²) in [6, 6.07) is 10.5. The molecule has 2 rings (SSSR count). The number of carbonyl (C=O) groups is 2. The Kier molecular flexibility index (Phi) is 9.39. The average molecular weight is 516 g/mol. The number of hydrogen-bond acceptors (Lipinski definition) is 5. The minimum absolute atomic E-state index is 0.0766. The number of carbonyl (C=O) groups excluding carboxylic acids is 2. The van der Waals surface area contributed by atoms with Crippen molar-refractivity contribution in [3.05, 3.63) is 58.1 Å². The summed E-state index contributed by atoms with van der Waals surface area (Å²) in [7, 11) is -0.999. The van der Waals surface area contributed by atoms with Gasteiger partial charge in [-0.1, -0.05) is 48.3 Å². The van der Waals surface area contributed by atoms with Crippen LogP contribution in [0.5, 0.6) is 5.75 Å². The molecule has 8 nitrogen and oxygen atoms in total. The molecule has 1 atom stereocenters. The number of nitrogens with zero attached hydrogens (tertiary/aromatic N) is 2. The molecule has 0 aliphatic rings. The Morgan fingerprint density at radius 2 is 1.70 bits per heavy atom. The minimum atomic E-state index is -3.87. The summed E-state index contributed by atoms with van der Waals surface area (Å²) in [5.41, 5.74) is 0.666. The number of halogens is 2. The van der Waals surface area contributed by atoms with Gasteiger partial charge in [0.1, 0.15) is 18.3 Å². The maximum absolute atomic E-state index is 13.5. The van der Waals surface area contributed by atoms with E-state index < -0.39 is 34.4 Å². The Labute approximate surface area is 204 Å². The summed E-state index contributed by atoms with van der Waals surface area (Å²) >= 11 is 12.6. The number of rotatable bonds is 10. The Hall–Kier alpha value is -2.49. The van der Waals surface area contributed by atoms with Crippen molar-refractivity contribution in [3.63, 3.8) is 0 Å². The maximum atomic E-state index is 13.5. The van der Waals surface area contributed by atoms with Crippen LogP contribution in [0.2, 0.25) is 10.0 Å². The number of benzene rings is 2. The van der Waals surface area contributed by atoms with E-state index in [1.165, 1.54) is 19.1 Å². The van der Waals surface area contributed by atoms with Gasteiger partial charge in [-0.2, -0.15) is 0 Å². The summed E-state index contributed by atoms with van der Waals surface area (Å²) < 4.78 is 31.5. The number of methoxy groups -OCH3 is 1. The van der Waals surface area contributed by atoms with Crippen molar-refractivity contribution in [2.24, 2.45) is 0 Å². The van der Waals surface area contributed by atoms with E-state index in [2.05, 4.69) is 5.32 Å². The highest BCUT2D eigenvalue weighted by atomic mass is 35.5. The Morgan fingerprint density at radius 3 is 2.21 bits per heavy atom. The first-order valence-electron chi connectivity index (χ1n) is 10.1. The van der Waals surface area contributed by atoms with E-state index in [9.17, 15) is 18.0 Å². The molecular weight excluding hydrogens is 489 g/mol. The molecule has 2 aromatic rings. The summed E-state index contributed by atoms with van der Waals surface area (Å²) in [5, 5.41) is 3.21. The first-order valence-corrected chi connectivity index (χ1v) is 12.7. The third-order valence-electron chi connectivity index (χ3n) is 5.06. The van der Waals surface area contributed by atoms with Crippen LogP contribution in [-0.2, 0) is 26.2 Å². The van der Waals surface area contributed by atoms with Crippen molar-refractivity contribution in [1.29, 1.82) is 0 Å². The second kappa shape index (κ2) is 11.6. The number of sulfonamides is 1. The van der Waals surface area contributed by atoms with Crippen molar-refractivity contribution < 1.29 is 22.7 Å². The second-order valence-electron chi connectivity index (χ2n) is 7.20. The topological polar surface area (TPSA) is 96.0 Å². The largest absolute Gasteiger partial charge is 0.495 e. The van der Waals surface area contributed by atoms with Gasteiger partial charge in [0.25, 0.3) is 0 Å². The lowest BCUT2D eigenvalue weighted by molar-refractivity contribution is -0.140. The molecule has 0 unspecified atom stereocenters. The smallest absolute Gasteiger partial charge is 0.244 e. The molecule has 0 heterocycles. The Bertz CT molecular complexity index is 1090. The van der Waals surface area contributed by atoms with Gasteiger partial charge in [-0.3, -0.25) is 13.9 Å². The van der Waals surface area contributed by atoms with Crippen LogP contribution in [0.4, 0.5) is 5.69 Å². The fourth-order valence-electron chi connectivity index (χ4n) is 3.37. The summed E-state index contributed by atoms with van der Waals surface area (Å²) in [4.78, 5) is 27.4. The molecule has 0 bridgehead atoms. The highest BCUT2D eigenvalue weighted by molar-refractivity contribution is 7.92. The zero-order valence-electron chi connectivity index (χ0n) is 18.8. The molecule has 0 aromatic heterocycles. The number of anilines is 1. The highest BCUT2D eigenvalue weighted by Gasteiger charge is 2.32. The first kappa shape index (κ1) is 26.8. The van der Waals surface area contributed by atoms with Crippen LogP contribution < -0.4 is 14.4 Å². The van der Waals surface area contributed by atoms with Crippen LogP contribution >= 0.6 is 23.2 Å². The van der Waals surface area contributed by atoms with Crippen LogP contribution in [0.25, 0.3) is 0 Å². The number of ether oxygens (including phenoxy) is 1. The monoisotopic (exact) mass is 515 g/mol. The van der Waals surface area contributed by atoms with E-state index in [1.807, 2.05) is 0 Å². The fraction of sp³-hybridized carbons (Fsp3) is 0.364. The van der Waals surface area contributed by atoms with Gasteiger partial charge in [0.2, 0.25) is 21.8 Å². The zero-order chi connectivity index (χ0) is 24.8. The van der Waals surface area contributed by atoms with E-state index in [1.54, 1.807) is 49.4 Å². The number of likely N-dealkylation sites (N-methyl/N-ethyl adjacent to an activating group) is 1. The summed E-state index contributed by atoms with van der Waals surface area (Å²) in [6.07, 6.45) is 1.29. The van der Waals surface area contributed by atoms with Crippen molar-refractivity contribution in [2.45, 2.75) is 25.9 Å². The lowest BCUT2D eigenvalue weighted by Crippen LogP contribution is -2.51. The molecule has 11 heteroatoms. The van der Waals surface area contributed by atoms with Crippen molar-refractivity contribution >= 4 is 50.7 Å². The lowest BCUT2D eigenvalue weighted by atomic mass is 10.1. The van der Waals surface area contributed by atoms with Gasteiger partial charge >= 0.3 is 0 Å². The number of nitrogens with one attached hydrogen (secondary N) is 1. The number of amides is 2. The van der Waals surface area contributed by atoms with Gasteiger partial charge in [-0.25, -0.2) is 8.42 Å². The van der Waals surface area contributed by atoms with Gasteiger partial charge in [-0.05, 0) is 30.7 Å². The highest BCUT2D eigenvalue weighted by Crippen LogP contribution is 2.31. The first-order chi connectivity index (χ1) is 15.5. The average Bonchev–Trinajstić information content (AvgIpc) is 2.77. The van der Waals surface area contributed by atoms with Crippen LogP contribution in [0, 0.1) is 0 Å². The Balaban J connectivity index is 2.52. The molecule has 0 fully saturated rings. The molecule has 1 N–H and O–H groups in total. The molecule has 0 saturated carbocycles. The van der Waals surface area contributed by atoms with Gasteiger partial charge < -0.3 is 15.0 Å². The van der Waals surface area contributed by atoms with Crippen LogP contribution in [-0.4, -0.2) is 58.1 Å². The SMILES string of the molecule is CC[C@H](C(=O)NC)N(Cc1c(Cl)cccc1Cl)C(=O)CN(c1ccccc1OC)S(C)(=O)=O. The third kappa shape index (κ3) is 6.52. The quantitative estimate of drug-likeness (QED) is 0.523. The predicted octanol–water partition coefficient (Wildman–Crippen LogP) is 3.32. The fourth-order valence-corrected chi connectivity index (χ4v) is 4.74. The summed E-state index contributed by atoms with van der Waals surface area (Å²) in [5.74, 6) is -0.704. The van der Waals surface area contributed by atoms with Gasteiger partial charge in [0.05, 0.1) is 19.1 Å². The standard InChI is InChI=1S/C22H27Cl2N3O5S/c1-5-18(22(29)25-2)26(13-15-16(23)9-8-10-17(15)24)21(28)14-27(33(4,30)31)19-11-6-7-12-20(19)32-3/h6-12,18H,5,13-14H2,1-4H3,(H,25,29)/t18-/m1/s1. The molecule has 0 aliphatic heterocycles. The normalized spacial score (nSPS) is 12.1. The molecule has 2 aromatic carbocycles. The Morgan fingerprint density at radius 1 is 1.09 bits per heavy atom. The van der Waals surface area contributed by atoms with Crippen molar-refractivity contribution in [3.8, 4) is 5.75 Å². The van der Waals surface area contributed by atoms with Crippen LogP contribution in [0.15, 0.2) is 42.5 Å². The van der Waals surface area contributed by atoms with Crippen LogP contribution in [0.1, 0.15) is 18.9 Å². The van der Waals surface area contributed by atoms with Gasteiger partial charge in [-0.15, -0.1) is 0 Å². The summed E-state index contributed by atoms with van der Waals surface area (Å²) in [6.45, 7) is 1.13. The number of para-hydroxylation sites is 2. The molecule has 0 spiro atoms. The minimum Gasteiger partial charge on any atom is -0.495 e. The third-order valence-corrected chi connectivity index (χ3v) is 6.89. The molecule has 180 valence electrons. The molecule has 0 radical (unpaired) electrons. The zero-order valence-corrected chi connectivity index (χ0v) is 21.2. The van der Waals surface area contributed by atoms with Crippen LogP contribution in [0.3, 0.4) is 0 Å². The molecule has 0 saturated heterocycles. The number of hydrogen-bond donors (Lipinski definition) is 1. The molecular formula is C22H27Cl2N3O5S. The predicted molar refractivity (Wildman–Crippen MR) is 130 cm³/mol. The molecule has 33 heavy (non-hydrogen) atoms. The van der Waals surface area contributed by atoms with E-state index in [-0.39, 0.29) is 18.0 Å². The second-order valence-corrected chi connectivity index (χ2v) is 9.92. The van der Waals surface area contributed by atoms with Crippen molar-refractivity contribution in [1.82, 2.24) is 10.2 Å². The lowest BCUT2D eigenvalue weighted by Gasteiger charge is -2.33. The maximum Gasteiger partial charge on any atom is 0.244 e. The van der Waals surface area contributed by atoms with E-state index >= 15 is 0 Å². The van der Waals surface area contributed by atoms with E-state index in [0.29, 0.717) is 22.0 Å². The molecule has 0 aliphatic carbocycles.